The predicted octanol–water partition coefficient (Wildman–Crippen LogP) is 0.737. The molecule has 142 valence electrons. The molecule has 1 aromatic carbocycles. The monoisotopic (exact) mass is 384 g/mol. The summed E-state index contributed by atoms with van der Waals surface area (Å²) in [4.78, 5) is 13.4. The number of hydrogen-bond acceptors (Lipinski definition) is 4. The number of amides is 1. The lowest BCUT2D eigenvalue weighted by Crippen LogP contribution is -3.11. The third kappa shape index (κ3) is 5.84. The number of likely N-dealkylation sites (tertiary alicyclic amines) is 1. The van der Waals surface area contributed by atoms with Crippen LogP contribution in [-0.2, 0) is 17.9 Å². The minimum Gasteiger partial charge on any atom is -0.344 e. The number of nitrogens with zero attached hydrogens (tertiary/aromatic N) is 3. The SMILES string of the molecule is C#CCNC(=O)CSc1nnc(C[NH+]2CCCCC2)n1Cc1ccccc1. The van der Waals surface area contributed by atoms with Crippen LogP contribution in [0.4, 0.5) is 0 Å². The van der Waals surface area contributed by atoms with E-state index in [4.69, 9.17) is 6.42 Å². The summed E-state index contributed by atoms with van der Waals surface area (Å²) >= 11 is 1.41. The molecule has 1 aromatic heterocycles. The second-order valence-electron chi connectivity index (χ2n) is 6.73. The van der Waals surface area contributed by atoms with Gasteiger partial charge in [0.15, 0.2) is 11.0 Å². The molecule has 2 aromatic rings. The van der Waals surface area contributed by atoms with E-state index in [0.29, 0.717) is 6.54 Å². The fourth-order valence-electron chi connectivity index (χ4n) is 3.26. The van der Waals surface area contributed by atoms with E-state index in [1.165, 1.54) is 49.7 Å². The highest BCUT2D eigenvalue weighted by Gasteiger charge is 2.20. The fraction of sp³-hybridized carbons (Fsp3) is 0.450. The van der Waals surface area contributed by atoms with Crippen LogP contribution in [0.2, 0.25) is 0 Å². The molecule has 0 spiro atoms. The molecule has 0 aliphatic carbocycles. The molecule has 0 radical (unpaired) electrons. The van der Waals surface area contributed by atoms with E-state index in [2.05, 4.69) is 38.1 Å². The maximum atomic E-state index is 11.9. The predicted molar refractivity (Wildman–Crippen MR) is 106 cm³/mol. The lowest BCUT2D eigenvalue weighted by molar-refractivity contribution is -0.919. The Balaban J connectivity index is 1.73. The molecular formula is C20H26N5OS+. The quantitative estimate of drug-likeness (QED) is 0.520. The van der Waals surface area contributed by atoms with Crippen molar-refractivity contribution in [1.82, 2.24) is 20.1 Å². The Bertz CT molecular complexity index is 777. The maximum Gasteiger partial charge on any atom is 0.231 e. The number of thioether (sulfide) groups is 1. The highest BCUT2D eigenvalue weighted by atomic mass is 32.2. The Morgan fingerprint density at radius 2 is 2.00 bits per heavy atom. The summed E-state index contributed by atoms with van der Waals surface area (Å²) in [6.45, 7) is 4.22. The summed E-state index contributed by atoms with van der Waals surface area (Å²) < 4.78 is 2.15. The molecule has 0 saturated carbocycles. The van der Waals surface area contributed by atoms with Gasteiger partial charge < -0.3 is 10.2 Å². The molecule has 1 amide bonds. The Morgan fingerprint density at radius 3 is 2.74 bits per heavy atom. The van der Waals surface area contributed by atoms with E-state index in [-0.39, 0.29) is 18.2 Å². The van der Waals surface area contributed by atoms with E-state index < -0.39 is 0 Å². The van der Waals surface area contributed by atoms with Crippen LogP contribution in [0.15, 0.2) is 35.5 Å². The van der Waals surface area contributed by atoms with Crippen molar-refractivity contribution < 1.29 is 9.69 Å². The number of rotatable bonds is 8. The molecule has 0 unspecified atom stereocenters. The molecule has 3 rings (SSSR count). The van der Waals surface area contributed by atoms with E-state index in [1.807, 2.05) is 18.2 Å². The summed E-state index contributed by atoms with van der Waals surface area (Å²) in [5.74, 6) is 3.60. The first-order chi connectivity index (χ1) is 13.3. The molecular weight excluding hydrogens is 358 g/mol. The summed E-state index contributed by atoms with van der Waals surface area (Å²) in [6, 6.07) is 10.3. The molecule has 2 heterocycles. The first-order valence-electron chi connectivity index (χ1n) is 9.39. The number of aromatic nitrogens is 3. The molecule has 2 N–H and O–H groups in total. The number of benzene rings is 1. The van der Waals surface area contributed by atoms with Crippen LogP contribution in [0.3, 0.4) is 0 Å². The average molecular weight is 385 g/mol. The number of nitrogens with one attached hydrogen (secondary N) is 2. The van der Waals surface area contributed by atoms with Crippen molar-refractivity contribution in [3.63, 3.8) is 0 Å². The fourth-order valence-corrected chi connectivity index (χ4v) is 4.05. The van der Waals surface area contributed by atoms with Crippen LogP contribution < -0.4 is 10.2 Å². The van der Waals surface area contributed by atoms with Gasteiger partial charge in [-0.15, -0.1) is 16.6 Å². The summed E-state index contributed by atoms with van der Waals surface area (Å²) in [5.41, 5.74) is 1.20. The number of carbonyl (C=O) groups is 1. The van der Waals surface area contributed by atoms with Crippen LogP contribution in [-0.4, -0.2) is 46.1 Å². The minimum absolute atomic E-state index is 0.0876. The van der Waals surface area contributed by atoms with Crippen molar-refractivity contribution in [3.8, 4) is 12.3 Å². The highest BCUT2D eigenvalue weighted by molar-refractivity contribution is 7.99. The highest BCUT2D eigenvalue weighted by Crippen LogP contribution is 2.18. The Hall–Kier alpha value is -2.30. The van der Waals surface area contributed by atoms with Crippen LogP contribution in [0.5, 0.6) is 0 Å². The molecule has 6 nitrogen and oxygen atoms in total. The van der Waals surface area contributed by atoms with Gasteiger partial charge in [0, 0.05) is 0 Å². The molecule has 1 saturated heterocycles. The molecule has 0 atom stereocenters. The number of piperidine rings is 1. The van der Waals surface area contributed by atoms with Gasteiger partial charge in [-0.25, -0.2) is 0 Å². The minimum atomic E-state index is -0.0876. The van der Waals surface area contributed by atoms with Gasteiger partial charge >= 0.3 is 0 Å². The lowest BCUT2D eigenvalue weighted by Gasteiger charge is -2.23. The van der Waals surface area contributed by atoms with Gasteiger partial charge in [0.2, 0.25) is 5.91 Å². The standard InChI is InChI=1S/C20H25N5OS/c1-2-11-21-19(26)16-27-20-23-22-18(15-24-12-7-4-8-13-24)25(20)14-17-9-5-3-6-10-17/h1,3,5-6,9-10H,4,7-8,11-16H2,(H,21,26)/p+1. The molecule has 7 heteroatoms. The van der Waals surface area contributed by atoms with Crippen molar-refractivity contribution in [2.75, 3.05) is 25.4 Å². The Kier molecular flexibility index (Phi) is 7.31. The number of terminal acetylenes is 1. The summed E-state index contributed by atoms with van der Waals surface area (Å²) in [6.07, 6.45) is 9.07. The third-order valence-electron chi connectivity index (χ3n) is 4.67. The molecule has 0 bridgehead atoms. The zero-order valence-corrected chi connectivity index (χ0v) is 16.3. The van der Waals surface area contributed by atoms with Gasteiger partial charge in [-0.05, 0) is 24.8 Å². The summed E-state index contributed by atoms with van der Waals surface area (Å²) in [7, 11) is 0. The van der Waals surface area contributed by atoms with E-state index in [9.17, 15) is 4.79 Å². The second-order valence-corrected chi connectivity index (χ2v) is 7.67. The number of quaternary nitrogens is 1. The van der Waals surface area contributed by atoms with Gasteiger partial charge in [-0.1, -0.05) is 48.0 Å². The van der Waals surface area contributed by atoms with Crippen molar-refractivity contribution in [3.05, 3.63) is 41.7 Å². The maximum absolute atomic E-state index is 11.9. The van der Waals surface area contributed by atoms with Crippen LogP contribution in [0.25, 0.3) is 0 Å². The molecule has 27 heavy (non-hydrogen) atoms. The largest absolute Gasteiger partial charge is 0.344 e. The molecule has 1 aliphatic heterocycles. The lowest BCUT2D eigenvalue weighted by atomic mass is 10.1. The Labute approximate surface area is 164 Å². The number of hydrogen-bond donors (Lipinski definition) is 2. The number of carbonyl (C=O) groups excluding carboxylic acids is 1. The van der Waals surface area contributed by atoms with Crippen molar-refractivity contribution in [1.29, 1.82) is 0 Å². The first kappa shape index (κ1) is 19.5. The summed E-state index contributed by atoms with van der Waals surface area (Å²) in [5, 5.41) is 12.3. The van der Waals surface area contributed by atoms with Crippen molar-refractivity contribution >= 4 is 17.7 Å². The average Bonchev–Trinajstić information content (AvgIpc) is 3.07. The normalized spacial score (nSPS) is 14.6. The van der Waals surface area contributed by atoms with Gasteiger partial charge in [0.25, 0.3) is 0 Å². The van der Waals surface area contributed by atoms with E-state index in [1.54, 1.807) is 4.90 Å². The van der Waals surface area contributed by atoms with E-state index in [0.717, 1.165) is 17.5 Å². The zero-order valence-electron chi connectivity index (χ0n) is 15.5. The van der Waals surface area contributed by atoms with Gasteiger partial charge in [0.05, 0.1) is 31.9 Å². The van der Waals surface area contributed by atoms with Crippen LogP contribution in [0.1, 0.15) is 30.7 Å². The van der Waals surface area contributed by atoms with Crippen LogP contribution in [0, 0.1) is 12.3 Å². The van der Waals surface area contributed by atoms with E-state index >= 15 is 0 Å². The van der Waals surface area contributed by atoms with Gasteiger partial charge in [0.1, 0.15) is 6.54 Å². The van der Waals surface area contributed by atoms with Gasteiger partial charge in [-0.2, -0.15) is 0 Å². The third-order valence-corrected chi connectivity index (χ3v) is 5.63. The molecule has 1 aliphatic rings. The molecule has 1 fully saturated rings. The van der Waals surface area contributed by atoms with Crippen LogP contribution >= 0.6 is 11.8 Å². The van der Waals surface area contributed by atoms with Gasteiger partial charge in [-0.3, -0.25) is 9.36 Å². The first-order valence-corrected chi connectivity index (χ1v) is 10.4. The smallest absolute Gasteiger partial charge is 0.231 e. The van der Waals surface area contributed by atoms with Crippen molar-refractivity contribution in [2.24, 2.45) is 0 Å². The second kappa shape index (κ2) is 10.1. The van der Waals surface area contributed by atoms with Crippen molar-refractivity contribution in [2.45, 2.75) is 37.5 Å². The zero-order chi connectivity index (χ0) is 18.9. The Morgan fingerprint density at radius 1 is 1.22 bits per heavy atom. The topological polar surface area (TPSA) is 64.2 Å².